The number of nitrogens with zero attached hydrogens (tertiary/aromatic N) is 2. The molecule has 17 heavy (non-hydrogen) atoms. The first-order valence-electron chi connectivity index (χ1n) is 5.52. The first kappa shape index (κ1) is 12.2. The first-order chi connectivity index (χ1) is 8.06. The molecule has 0 atom stereocenters. The second kappa shape index (κ2) is 4.52. The Morgan fingerprint density at radius 2 is 2.24 bits per heavy atom. The number of pyridine rings is 1. The van der Waals surface area contributed by atoms with E-state index in [1.54, 1.807) is 10.8 Å². The predicted octanol–water partition coefficient (Wildman–Crippen LogP) is 1.86. The van der Waals surface area contributed by atoms with Gasteiger partial charge in [-0.25, -0.2) is 0 Å². The van der Waals surface area contributed by atoms with Crippen molar-refractivity contribution in [1.29, 1.82) is 0 Å². The summed E-state index contributed by atoms with van der Waals surface area (Å²) >= 11 is 4.34. The summed E-state index contributed by atoms with van der Waals surface area (Å²) in [5.41, 5.74) is -0.757. The predicted molar refractivity (Wildman–Crippen MR) is 67.5 cm³/mol. The van der Waals surface area contributed by atoms with Crippen LogP contribution in [0.25, 0.3) is 0 Å². The molecule has 6 heteroatoms. The van der Waals surface area contributed by atoms with E-state index < -0.39 is 10.4 Å². The van der Waals surface area contributed by atoms with Gasteiger partial charge in [-0.1, -0.05) is 6.42 Å². The lowest BCUT2D eigenvalue weighted by atomic mass is 9.70. The van der Waals surface area contributed by atoms with Crippen LogP contribution in [0, 0.1) is 15.5 Å². The lowest BCUT2D eigenvalue weighted by Crippen LogP contribution is -2.36. The quantitative estimate of drug-likeness (QED) is 0.506. The summed E-state index contributed by atoms with van der Waals surface area (Å²) in [5, 5.41) is 10.7. The zero-order valence-electron chi connectivity index (χ0n) is 9.33. The van der Waals surface area contributed by atoms with E-state index in [1.165, 1.54) is 18.7 Å². The molecule has 0 amide bonds. The summed E-state index contributed by atoms with van der Waals surface area (Å²) in [7, 11) is 0. The van der Waals surface area contributed by atoms with Gasteiger partial charge in [0, 0.05) is 18.8 Å². The molecule has 1 aromatic heterocycles. The third-order valence-electron chi connectivity index (χ3n) is 3.42. The molecule has 5 nitrogen and oxygen atoms in total. The van der Waals surface area contributed by atoms with E-state index in [9.17, 15) is 14.9 Å². The normalized spacial score (nSPS) is 17.5. The SMILES string of the molecule is O=c1ccn(CC2(CS)CCC2)cc1[N+](=O)[O-]. The van der Waals surface area contributed by atoms with Gasteiger partial charge in [0.25, 0.3) is 5.43 Å². The molecular formula is C11H14N2O3S. The molecule has 0 spiro atoms. The zero-order valence-corrected chi connectivity index (χ0v) is 10.2. The van der Waals surface area contributed by atoms with Crippen molar-refractivity contribution in [3.05, 3.63) is 38.8 Å². The number of nitro groups is 1. The van der Waals surface area contributed by atoms with Gasteiger partial charge in [0.2, 0.25) is 0 Å². The van der Waals surface area contributed by atoms with E-state index in [4.69, 9.17) is 0 Å². The van der Waals surface area contributed by atoms with Gasteiger partial charge >= 0.3 is 5.69 Å². The van der Waals surface area contributed by atoms with Crippen LogP contribution in [-0.4, -0.2) is 15.2 Å². The zero-order chi connectivity index (χ0) is 12.5. The number of hydrogen-bond acceptors (Lipinski definition) is 4. The Bertz CT molecular complexity index is 488. The second-order valence-corrected chi connectivity index (χ2v) is 4.95. The Balaban J connectivity index is 2.25. The average molecular weight is 254 g/mol. The molecule has 1 aliphatic carbocycles. The Morgan fingerprint density at radius 3 is 2.71 bits per heavy atom. The van der Waals surface area contributed by atoms with Gasteiger partial charge in [0.05, 0.1) is 11.1 Å². The van der Waals surface area contributed by atoms with Crippen LogP contribution in [-0.2, 0) is 6.54 Å². The van der Waals surface area contributed by atoms with E-state index in [0.717, 1.165) is 18.6 Å². The number of aromatic nitrogens is 1. The fourth-order valence-corrected chi connectivity index (χ4v) is 2.59. The molecule has 1 aromatic rings. The molecule has 0 aliphatic heterocycles. The van der Waals surface area contributed by atoms with Gasteiger partial charge in [0.15, 0.2) is 0 Å². The minimum atomic E-state index is -0.632. The fourth-order valence-electron chi connectivity index (χ4n) is 2.18. The largest absolute Gasteiger partial charge is 0.347 e. The van der Waals surface area contributed by atoms with Crippen molar-refractivity contribution >= 4 is 18.3 Å². The van der Waals surface area contributed by atoms with Crippen molar-refractivity contribution in [2.24, 2.45) is 5.41 Å². The molecule has 0 saturated heterocycles. The molecule has 92 valence electrons. The summed E-state index contributed by atoms with van der Waals surface area (Å²) < 4.78 is 1.73. The highest BCUT2D eigenvalue weighted by molar-refractivity contribution is 7.80. The Morgan fingerprint density at radius 1 is 1.53 bits per heavy atom. The highest BCUT2D eigenvalue weighted by Gasteiger charge is 2.35. The van der Waals surface area contributed by atoms with Crippen molar-refractivity contribution in [2.45, 2.75) is 25.8 Å². The monoisotopic (exact) mass is 254 g/mol. The van der Waals surface area contributed by atoms with Gasteiger partial charge in [-0.2, -0.15) is 12.6 Å². The van der Waals surface area contributed by atoms with E-state index >= 15 is 0 Å². The first-order valence-corrected chi connectivity index (χ1v) is 6.15. The number of thiol groups is 1. The van der Waals surface area contributed by atoms with E-state index in [2.05, 4.69) is 12.6 Å². The fraction of sp³-hybridized carbons (Fsp3) is 0.545. The summed E-state index contributed by atoms with van der Waals surface area (Å²) in [4.78, 5) is 21.3. The molecule has 1 fully saturated rings. The second-order valence-electron chi connectivity index (χ2n) is 4.64. The Kier molecular flexibility index (Phi) is 3.24. The minimum Gasteiger partial charge on any atom is -0.347 e. The maximum absolute atomic E-state index is 11.3. The van der Waals surface area contributed by atoms with Crippen molar-refractivity contribution < 1.29 is 4.92 Å². The van der Waals surface area contributed by atoms with Gasteiger partial charge in [-0.05, 0) is 24.0 Å². The van der Waals surface area contributed by atoms with Crippen LogP contribution in [0.3, 0.4) is 0 Å². The van der Waals surface area contributed by atoms with Crippen molar-refractivity contribution in [3.63, 3.8) is 0 Å². The van der Waals surface area contributed by atoms with Crippen LogP contribution in [0.15, 0.2) is 23.3 Å². The van der Waals surface area contributed by atoms with E-state index in [-0.39, 0.29) is 11.1 Å². The molecular weight excluding hydrogens is 240 g/mol. The molecule has 1 heterocycles. The number of hydrogen-bond donors (Lipinski definition) is 1. The molecule has 0 aromatic carbocycles. The molecule has 0 N–H and O–H groups in total. The van der Waals surface area contributed by atoms with Crippen LogP contribution in [0.2, 0.25) is 0 Å². The van der Waals surface area contributed by atoms with E-state index in [0.29, 0.717) is 6.54 Å². The molecule has 1 aliphatic rings. The van der Waals surface area contributed by atoms with E-state index in [1.807, 2.05) is 0 Å². The van der Waals surface area contributed by atoms with Crippen LogP contribution in [0.4, 0.5) is 5.69 Å². The minimum absolute atomic E-state index is 0.145. The summed E-state index contributed by atoms with van der Waals surface area (Å²) in [6.45, 7) is 0.692. The topological polar surface area (TPSA) is 65.1 Å². The van der Waals surface area contributed by atoms with Crippen LogP contribution in [0.5, 0.6) is 0 Å². The Hall–Kier alpha value is -1.30. The van der Waals surface area contributed by atoms with Crippen LogP contribution < -0.4 is 5.43 Å². The third-order valence-corrected chi connectivity index (χ3v) is 4.09. The third kappa shape index (κ3) is 2.36. The lowest BCUT2D eigenvalue weighted by molar-refractivity contribution is -0.386. The van der Waals surface area contributed by atoms with Gasteiger partial charge in [-0.15, -0.1) is 0 Å². The highest BCUT2D eigenvalue weighted by Crippen LogP contribution is 2.43. The molecule has 2 rings (SSSR count). The average Bonchev–Trinajstić information content (AvgIpc) is 2.25. The maximum Gasteiger partial charge on any atom is 0.332 e. The Labute approximate surface area is 104 Å². The highest BCUT2D eigenvalue weighted by atomic mass is 32.1. The molecule has 0 unspecified atom stereocenters. The summed E-state index contributed by atoms with van der Waals surface area (Å²) in [5.74, 6) is 0.771. The van der Waals surface area contributed by atoms with Crippen LogP contribution >= 0.6 is 12.6 Å². The summed E-state index contributed by atoms with van der Waals surface area (Å²) in [6, 6.07) is 1.25. The number of rotatable bonds is 4. The smallest absolute Gasteiger partial charge is 0.332 e. The molecule has 0 bridgehead atoms. The van der Waals surface area contributed by atoms with Crippen LogP contribution in [0.1, 0.15) is 19.3 Å². The van der Waals surface area contributed by atoms with Gasteiger partial charge < -0.3 is 4.57 Å². The van der Waals surface area contributed by atoms with Crippen molar-refractivity contribution in [1.82, 2.24) is 4.57 Å². The van der Waals surface area contributed by atoms with Crippen molar-refractivity contribution in [2.75, 3.05) is 5.75 Å². The van der Waals surface area contributed by atoms with Crippen molar-refractivity contribution in [3.8, 4) is 0 Å². The molecule has 1 saturated carbocycles. The summed E-state index contributed by atoms with van der Waals surface area (Å²) in [6.07, 6.45) is 6.31. The standard InChI is InChI=1S/C11H14N2O3S/c14-10-2-5-12(6-9(10)13(15)16)7-11(8-17)3-1-4-11/h2,5-6,17H,1,3-4,7-8H2. The maximum atomic E-state index is 11.3. The van der Waals surface area contributed by atoms with Gasteiger partial charge in [-0.3, -0.25) is 14.9 Å². The lowest BCUT2D eigenvalue weighted by Gasteiger charge is -2.41. The van der Waals surface area contributed by atoms with Gasteiger partial charge in [0.1, 0.15) is 0 Å². The molecule has 0 radical (unpaired) electrons.